The summed E-state index contributed by atoms with van der Waals surface area (Å²) >= 11 is 0. The van der Waals surface area contributed by atoms with Gasteiger partial charge in [-0.2, -0.15) is 0 Å². The molecule has 146 valence electrons. The van der Waals surface area contributed by atoms with Crippen molar-refractivity contribution >= 4 is 17.5 Å². The van der Waals surface area contributed by atoms with Gasteiger partial charge in [0.2, 0.25) is 0 Å². The van der Waals surface area contributed by atoms with E-state index in [1.807, 2.05) is 0 Å². The van der Waals surface area contributed by atoms with Crippen molar-refractivity contribution in [1.29, 1.82) is 0 Å². The summed E-state index contributed by atoms with van der Waals surface area (Å²) in [4.78, 5) is 49.8. The highest BCUT2D eigenvalue weighted by Crippen LogP contribution is 2.36. The van der Waals surface area contributed by atoms with E-state index in [-0.39, 0.29) is 17.1 Å². The van der Waals surface area contributed by atoms with Crippen LogP contribution in [0.1, 0.15) is 32.4 Å². The third kappa shape index (κ3) is 3.43. The van der Waals surface area contributed by atoms with Crippen molar-refractivity contribution in [1.82, 2.24) is 9.55 Å². The van der Waals surface area contributed by atoms with Crippen LogP contribution in [-0.4, -0.2) is 26.5 Å². The van der Waals surface area contributed by atoms with E-state index in [2.05, 4.69) is 10.3 Å². The number of fused-ring (bicyclic) bond motifs is 1. The van der Waals surface area contributed by atoms with Crippen molar-refractivity contribution in [3.63, 3.8) is 0 Å². The first-order valence-corrected chi connectivity index (χ1v) is 8.48. The molecule has 0 aliphatic carbocycles. The van der Waals surface area contributed by atoms with Gasteiger partial charge in [0.15, 0.2) is 0 Å². The third-order valence-electron chi connectivity index (χ3n) is 4.19. The number of allylic oxidation sites excluding steroid dienone is 1. The first-order valence-electron chi connectivity index (χ1n) is 8.48. The molecule has 10 heteroatoms. The van der Waals surface area contributed by atoms with Gasteiger partial charge < -0.3 is 10.1 Å². The number of H-pyrrole nitrogens is 1. The third-order valence-corrected chi connectivity index (χ3v) is 4.19. The van der Waals surface area contributed by atoms with E-state index in [0.29, 0.717) is 11.3 Å². The Morgan fingerprint density at radius 1 is 1.29 bits per heavy atom. The molecule has 0 amide bonds. The Morgan fingerprint density at radius 2 is 2.00 bits per heavy atom. The van der Waals surface area contributed by atoms with Crippen LogP contribution in [0, 0.1) is 10.1 Å². The van der Waals surface area contributed by atoms with Crippen LogP contribution < -0.4 is 16.6 Å². The number of benzene rings is 1. The minimum absolute atomic E-state index is 0.121. The molecule has 0 bridgehead atoms. The summed E-state index contributed by atoms with van der Waals surface area (Å²) in [6.07, 6.45) is -0.410. The zero-order valence-corrected chi connectivity index (χ0v) is 15.4. The van der Waals surface area contributed by atoms with Gasteiger partial charge in [0, 0.05) is 23.9 Å². The van der Waals surface area contributed by atoms with Gasteiger partial charge in [0.05, 0.1) is 22.6 Å². The summed E-state index contributed by atoms with van der Waals surface area (Å²) in [5.41, 5.74) is -0.718. The second-order valence-corrected chi connectivity index (χ2v) is 6.57. The molecule has 2 aromatic rings. The van der Waals surface area contributed by atoms with E-state index in [1.165, 1.54) is 28.8 Å². The molecule has 0 unspecified atom stereocenters. The lowest BCUT2D eigenvalue weighted by atomic mass is 9.94. The van der Waals surface area contributed by atoms with Crippen molar-refractivity contribution in [2.75, 3.05) is 5.32 Å². The van der Waals surface area contributed by atoms with Gasteiger partial charge >= 0.3 is 11.7 Å². The Bertz CT molecular complexity index is 1110. The molecule has 2 N–H and O–H groups in total. The topological polar surface area (TPSA) is 136 Å². The average Bonchev–Trinajstić information content (AvgIpc) is 2.59. The van der Waals surface area contributed by atoms with Crippen molar-refractivity contribution < 1.29 is 14.5 Å². The van der Waals surface area contributed by atoms with Gasteiger partial charge in [-0.05, 0) is 26.3 Å². The van der Waals surface area contributed by atoms with E-state index in [4.69, 9.17) is 4.74 Å². The summed E-state index contributed by atoms with van der Waals surface area (Å²) in [7, 11) is 0. The molecule has 1 aliphatic heterocycles. The van der Waals surface area contributed by atoms with E-state index >= 15 is 0 Å². The maximum Gasteiger partial charge on any atom is 0.338 e. The first-order chi connectivity index (χ1) is 13.2. The Labute approximate surface area is 158 Å². The maximum atomic E-state index is 12.8. The number of non-ortho nitro benzene ring substituents is 1. The fraction of sp³-hybridized carbons (Fsp3) is 0.278. The van der Waals surface area contributed by atoms with Crippen LogP contribution in [0.5, 0.6) is 0 Å². The number of aromatic nitrogens is 2. The lowest BCUT2D eigenvalue weighted by Gasteiger charge is -2.31. The molecule has 10 nitrogen and oxygen atoms in total. The molecule has 28 heavy (non-hydrogen) atoms. The van der Waals surface area contributed by atoms with Gasteiger partial charge in [-0.3, -0.25) is 24.5 Å². The fourth-order valence-electron chi connectivity index (χ4n) is 3.12. The van der Waals surface area contributed by atoms with Crippen LogP contribution in [0.25, 0.3) is 0 Å². The predicted octanol–water partition coefficient (Wildman–Crippen LogP) is 1.69. The highest BCUT2D eigenvalue weighted by atomic mass is 16.6. The van der Waals surface area contributed by atoms with Crippen molar-refractivity contribution in [3.05, 3.63) is 78.1 Å². The van der Waals surface area contributed by atoms with Crippen LogP contribution >= 0.6 is 0 Å². The van der Waals surface area contributed by atoms with Crippen LogP contribution in [0.15, 0.2) is 51.2 Å². The number of carbonyl (C=O) groups excluding carboxylic acids is 1. The number of carbonyl (C=O) groups is 1. The number of nitro groups is 1. The quantitative estimate of drug-likeness (QED) is 0.463. The lowest BCUT2D eigenvalue weighted by molar-refractivity contribution is -0.384. The molecule has 0 spiro atoms. The lowest BCUT2D eigenvalue weighted by Crippen LogP contribution is -2.40. The van der Waals surface area contributed by atoms with Gasteiger partial charge in [-0.25, -0.2) is 9.59 Å². The summed E-state index contributed by atoms with van der Waals surface area (Å²) in [6, 6.07) is 5.80. The van der Waals surface area contributed by atoms with Crippen molar-refractivity contribution in [2.24, 2.45) is 0 Å². The molecular weight excluding hydrogens is 368 g/mol. The maximum absolute atomic E-state index is 12.8. The highest BCUT2D eigenvalue weighted by Gasteiger charge is 2.35. The van der Waals surface area contributed by atoms with Gasteiger partial charge in [-0.1, -0.05) is 12.1 Å². The monoisotopic (exact) mass is 386 g/mol. The molecule has 0 saturated heterocycles. The molecule has 0 saturated carbocycles. The zero-order chi connectivity index (χ0) is 20.6. The fourth-order valence-corrected chi connectivity index (χ4v) is 3.12. The molecule has 1 aromatic heterocycles. The highest BCUT2D eigenvalue weighted by molar-refractivity contribution is 5.92. The summed E-state index contributed by atoms with van der Waals surface area (Å²) in [5, 5.41) is 14.1. The van der Waals surface area contributed by atoms with Crippen molar-refractivity contribution in [2.45, 2.75) is 32.9 Å². The Hall–Kier alpha value is -3.69. The molecule has 2 heterocycles. The van der Waals surface area contributed by atoms with Crippen molar-refractivity contribution in [3.8, 4) is 0 Å². The number of nitrogens with one attached hydrogen (secondary N) is 2. The largest absolute Gasteiger partial charge is 0.459 e. The van der Waals surface area contributed by atoms with Crippen LogP contribution in [-0.2, 0) is 9.53 Å². The first kappa shape index (κ1) is 19.1. The van der Waals surface area contributed by atoms with E-state index < -0.39 is 34.3 Å². The summed E-state index contributed by atoms with van der Waals surface area (Å²) in [6.45, 7) is 4.98. The number of aromatic amines is 1. The number of hydrogen-bond acceptors (Lipinski definition) is 7. The van der Waals surface area contributed by atoms with Gasteiger partial charge in [0.1, 0.15) is 5.82 Å². The van der Waals surface area contributed by atoms with E-state index in [1.54, 1.807) is 26.8 Å². The van der Waals surface area contributed by atoms with Crippen LogP contribution in [0.4, 0.5) is 11.5 Å². The standard InChI is InChI=1S/C18H18N4O6/c1-9(2)28-17(24)15-10(3)19-13-8-14(23)20-18(25)21(13)16(15)11-5-4-6-12(7-11)22(26)27/h4-9,16,19H,1-3H3,(H,20,23,25)/t16-/m0/s1. The number of esters is 1. The average molecular weight is 386 g/mol. The molecule has 1 atom stereocenters. The van der Waals surface area contributed by atoms with Gasteiger partial charge in [0.25, 0.3) is 11.2 Å². The van der Waals surface area contributed by atoms with Crippen LogP contribution in [0.2, 0.25) is 0 Å². The minimum Gasteiger partial charge on any atom is -0.459 e. The molecule has 0 radical (unpaired) electrons. The molecular formula is C18H18N4O6. The number of hydrogen-bond donors (Lipinski definition) is 2. The van der Waals surface area contributed by atoms with Gasteiger partial charge in [-0.15, -0.1) is 0 Å². The number of nitro benzene ring substituents is 1. The van der Waals surface area contributed by atoms with E-state index in [0.717, 1.165) is 0 Å². The second kappa shape index (κ2) is 7.14. The number of nitrogens with zero attached hydrogens (tertiary/aromatic N) is 2. The second-order valence-electron chi connectivity index (χ2n) is 6.57. The minimum atomic E-state index is -1.01. The Balaban J connectivity index is 2.29. The molecule has 0 fully saturated rings. The normalized spacial score (nSPS) is 15.8. The Kier molecular flexibility index (Phi) is 4.87. The number of ether oxygens (including phenoxy) is 1. The zero-order valence-electron chi connectivity index (χ0n) is 15.4. The smallest absolute Gasteiger partial charge is 0.338 e. The SMILES string of the molecule is CC1=C(C(=O)OC(C)C)[C@H](c2cccc([N+](=O)[O-])c2)n2c(cc(=O)[nH]c2=O)N1. The van der Waals surface area contributed by atoms with E-state index in [9.17, 15) is 24.5 Å². The predicted molar refractivity (Wildman–Crippen MR) is 100 cm³/mol. The van der Waals surface area contributed by atoms with Crippen LogP contribution in [0.3, 0.4) is 0 Å². The summed E-state index contributed by atoms with van der Waals surface area (Å²) < 4.78 is 6.48. The Morgan fingerprint density at radius 3 is 2.64 bits per heavy atom. The molecule has 1 aromatic carbocycles. The molecule has 1 aliphatic rings. The molecule has 3 rings (SSSR count). The summed E-state index contributed by atoms with van der Waals surface area (Å²) in [5.74, 6) is -0.496. The number of rotatable bonds is 4. The number of anilines is 1.